The van der Waals surface area contributed by atoms with Crippen LogP contribution in [0.4, 0.5) is 0 Å². The predicted octanol–water partition coefficient (Wildman–Crippen LogP) is 2.49. The number of nitrogens with zero attached hydrogens (tertiary/aromatic N) is 1. The van der Waals surface area contributed by atoms with Gasteiger partial charge in [0.15, 0.2) is 0 Å². The maximum absolute atomic E-state index is 8.31. The van der Waals surface area contributed by atoms with Crippen LogP contribution < -0.4 is 5.73 Å². The molecule has 4 nitrogen and oxygen atoms in total. The Hall–Kier alpha value is -1.07. The SMILES string of the molecule is N/C(CCCOCc1ccc(Br)cc1)=N/O. The molecule has 3 N–H and O–H groups in total. The first-order chi connectivity index (χ1) is 7.72. The highest BCUT2D eigenvalue weighted by Crippen LogP contribution is 2.11. The minimum absolute atomic E-state index is 0.243. The lowest BCUT2D eigenvalue weighted by molar-refractivity contribution is 0.119. The normalized spacial score (nSPS) is 11.7. The van der Waals surface area contributed by atoms with Crippen molar-refractivity contribution in [1.82, 2.24) is 0 Å². The zero-order valence-electron chi connectivity index (χ0n) is 8.90. The first kappa shape index (κ1) is 13.0. The lowest BCUT2D eigenvalue weighted by atomic mass is 10.2. The Morgan fingerprint density at radius 2 is 2.06 bits per heavy atom. The van der Waals surface area contributed by atoms with Crippen molar-refractivity contribution in [1.29, 1.82) is 0 Å². The fourth-order valence-electron chi connectivity index (χ4n) is 1.18. The highest BCUT2D eigenvalue weighted by molar-refractivity contribution is 9.10. The van der Waals surface area contributed by atoms with Crippen molar-refractivity contribution >= 4 is 21.8 Å². The van der Waals surface area contributed by atoms with E-state index in [1.165, 1.54) is 0 Å². The number of rotatable bonds is 6. The summed E-state index contributed by atoms with van der Waals surface area (Å²) in [5, 5.41) is 11.2. The van der Waals surface area contributed by atoms with Crippen molar-refractivity contribution < 1.29 is 9.94 Å². The monoisotopic (exact) mass is 286 g/mol. The van der Waals surface area contributed by atoms with E-state index in [0.717, 1.165) is 16.5 Å². The van der Waals surface area contributed by atoms with Crippen LogP contribution in [0.25, 0.3) is 0 Å². The summed E-state index contributed by atoms with van der Waals surface area (Å²) in [6.07, 6.45) is 1.31. The van der Waals surface area contributed by atoms with Crippen molar-refractivity contribution in [3.8, 4) is 0 Å². The number of halogens is 1. The second kappa shape index (κ2) is 7.24. The van der Waals surface area contributed by atoms with Gasteiger partial charge in [0.2, 0.25) is 0 Å². The molecule has 1 rings (SSSR count). The molecular weight excluding hydrogens is 272 g/mol. The van der Waals surface area contributed by atoms with Crippen molar-refractivity contribution in [2.24, 2.45) is 10.9 Å². The maximum Gasteiger partial charge on any atom is 0.139 e. The average Bonchev–Trinajstić information content (AvgIpc) is 2.31. The highest BCUT2D eigenvalue weighted by Gasteiger charge is 1.96. The zero-order valence-corrected chi connectivity index (χ0v) is 10.5. The number of nitrogens with two attached hydrogens (primary N) is 1. The van der Waals surface area contributed by atoms with Crippen LogP contribution in [-0.2, 0) is 11.3 Å². The van der Waals surface area contributed by atoms with Crippen molar-refractivity contribution in [3.05, 3.63) is 34.3 Å². The number of hydrogen-bond acceptors (Lipinski definition) is 3. The van der Waals surface area contributed by atoms with Crippen molar-refractivity contribution in [3.63, 3.8) is 0 Å². The van der Waals surface area contributed by atoms with E-state index in [1.54, 1.807) is 0 Å². The van der Waals surface area contributed by atoms with Crippen LogP contribution in [0.15, 0.2) is 33.9 Å². The zero-order chi connectivity index (χ0) is 11.8. The standard InChI is InChI=1S/C11H15BrN2O2/c12-10-5-3-9(4-6-10)8-16-7-1-2-11(13)14-15/h3-6,15H,1-2,7-8H2,(H2,13,14). The van der Waals surface area contributed by atoms with Gasteiger partial charge < -0.3 is 15.7 Å². The van der Waals surface area contributed by atoms with Crippen LogP contribution in [0.2, 0.25) is 0 Å². The molecule has 0 heterocycles. The summed E-state index contributed by atoms with van der Waals surface area (Å²) < 4.78 is 6.51. The molecule has 88 valence electrons. The molecule has 0 saturated carbocycles. The lowest BCUT2D eigenvalue weighted by Gasteiger charge is -2.04. The third kappa shape index (κ3) is 5.14. The van der Waals surface area contributed by atoms with Gasteiger partial charge in [-0.05, 0) is 24.1 Å². The second-order valence-corrected chi connectivity index (χ2v) is 4.29. The van der Waals surface area contributed by atoms with E-state index in [2.05, 4.69) is 21.1 Å². The molecule has 0 amide bonds. The summed E-state index contributed by atoms with van der Waals surface area (Å²) in [5.41, 5.74) is 6.45. The Kier molecular flexibility index (Phi) is 5.88. The molecule has 0 aliphatic rings. The van der Waals surface area contributed by atoms with Crippen LogP contribution in [-0.4, -0.2) is 17.6 Å². The summed E-state index contributed by atoms with van der Waals surface area (Å²) >= 11 is 3.37. The number of hydrogen-bond donors (Lipinski definition) is 2. The van der Waals surface area contributed by atoms with E-state index in [1.807, 2.05) is 24.3 Å². The molecule has 0 atom stereocenters. The van der Waals surface area contributed by atoms with Gasteiger partial charge in [-0.25, -0.2) is 0 Å². The molecule has 0 bridgehead atoms. The summed E-state index contributed by atoms with van der Waals surface area (Å²) in [4.78, 5) is 0. The fourth-order valence-corrected chi connectivity index (χ4v) is 1.44. The van der Waals surface area contributed by atoms with E-state index in [4.69, 9.17) is 15.7 Å². The minimum atomic E-state index is 0.243. The molecule has 0 aliphatic carbocycles. The van der Waals surface area contributed by atoms with Crippen molar-refractivity contribution in [2.45, 2.75) is 19.4 Å². The van der Waals surface area contributed by atoms with E-state index in [-0.39, 0.29) is 5.84 Å². The van der Waals surface area contributed by atoms with E-state index in [9.17, 15) is 0 Å². The number of ether oxygens (including phenoxy) is 1. The Morgan fingerprint density at radius 1 is 1.38 bits per heavy atom. The number of oxime groups is 1. The Balaban J connectivity index is 2.14. The van der Waals surface area contributed by atoms with E-state index >= 15 is 0 Å². The second-order valence-electron chi connectivity index (χ2n) is 3.37. The molecule has 0 spiro atoms. The van der Waals surface area contributed by atoms with Gasteiger partial charge in [-0.2, -0.15) is 0 Å². The summed E-state index contributed by atoms with van der Waals surface area (Å²) in [6.45, 7) is 1.19. The largest absolute Gasteiger partial charge is 0.409 e. The summed E-state index contributed by atoms with van der Waals surface area (Å²) in [6, 6.07) is 7.98. The highest BCUT2D eigenvalue weighted by atomic mass is 79.9. The molecule has 1 aromatic carbocycles. The molecule has 0 unspecified atom stereocenters. The molecular formula is C11H15BrN2O2. The summed E-state index contributed by atoms with van der Waals surface area (Å²) in [7, 11) is 0. The molecule has 5 heteroatoms. The Bertz CT molecular complexity index is 338. The topological polar surface area (TPSA) is 67.8 Å². The van der Waals surface area contributed by atoms with Crippen LogP contribution in [0.5, 0.6) is 0 Å². The number of amidine groups is 1. The molecule has 0 saturated heterocycles. The van der Waals surface area contributed by atoms with Gasteiger partial charge in [0.25, 0.3) is 0 Å². The van der Waals surface area contributed by atoms with Crippen LogP contribution in [0.1, 0.15) is 18.4 Å². The Labute approximate surface area is 103 Å². The minimum Gasteiger partial charge on any atom is -0.409 e. The fraction of sp³-hybridized carbons (Fsp3) is 0.364. The average molecular weight is 287 g/mol. The van der Waals surface area contributed by atoms with Crippen molar-refractivity contribution in [2.75, 3.05) is 6.61 Å². The van der Waals surface area contributed by atoms with Crippen LogP contribution in [0.3, 0.4) is 0 Å². The van der Waals surface area contributed by atoms with Gasteiger partial charge in [-0.1, -0.05) is 33.2 Å². The van der Waals surface area contributed by atoms with Gasteiger partial charge in [-0.3, -0.25) is 0 Å². The first-order valence-corrected chi connectivity index (χ1v) is 5.80. The maximum atomic E-state index is 8.31. The van der Waals surface area contributed by atoms with Gasteiger partial charge in [0.1, 0.15) is 5.84 Å². The molecule has 0 aromatic heterocycles. The van der Waals surface area contributed by atoms with Gasteiger partial charge in [0.05, 0.1) is 6.61 Å². The summed E-state index contributed by atoms with van der Waals surface area (Å²) in [5.74, 6) is 0.243. The third-order valence-electron chi connectivity index (χ3n) is 2.03. The van der Waals surface area contributed by atoms with Gasteiger partial charge in [-0.15, -0.1) is 0 Å². The first-order valence-electron chi connectivity index (χ1n) is 5.01. The molecule has 16 heavy (non-hydrogen) atoms. The third-order valence-corrected chi connectivity index (χ3v) is 2.56. The lowest BCUT2D eigenvalue weighted by Crippen LogP contribution is -2.12. The molecule has 0 radical (unpaired) electrons. The number of benzene rings is 1. The molecule has 0 fully saturated rings. The van der Waals surface area contributed by atoms with Crippen LogP contribution in [0, 0.1) is 0 Å². The van der Waals surface area contributed by atoms with Crippen LogP contribution >= 0.6 is 15.9 Å². The van der Waals surface area contributed by atoms with Gasteiger partial charge >= 0.3 is 0 Å². The molecule has 0 aliphatic heterocycles. The smallest absolute Gasteiger partial charge is 0.139 e. The Morgan fingerprint density at radius 3 is 2.69 bits per heavy atom. The predicted molar refractivity (Wildman–Crippen MR) is 66.4 cm³/mol. The molecule has 1 aromatic rings. The quantitative estimate of drug-likeness (QED) is 0.278. The van der Waals surface area contributed by atoms with Gasteiger partial charge in [0, 0.05) is 17.5 Å². The van der Waals surface area contributed by atoms with E-state index in [0.29, 0.717) is 19.6 Å². The van der Waals surface area contributed by atoms with E-state index < -0.39 is 0 Å².